The molecule has 30 heavy (non-hydrogen) atoms. The number of hydrogen-bond acceptors (Lipinski definition) is 3. The van der Waals surface area contributed by atoms with Crippen LogP contribution in [0.4, 0.5) is 32.0 Å². The van der Waals surface area contributed by atoms with E-state index in [0.29, 0.717) is 30.5 Å². The largest absolute Gasteiger partial charge is 0.430 e. The fourth-order valence-electron chi connectivity index (χ4n) is 3.57. The predicted molar refractivity (Wildman–Crippen MR) is 97.1 cm³/mol. The van der Waals surface area contributed by atoms with Gasteiger partial charge in [0, 0.05) is 23.4 Å². The van der Waals surface area contributed by atoms with Crippen molar-refractivity contribution < 1.29 is 31.1 Å². The molecule has 0 spiro atoms. The number of alkyl halides is 6. The van der Waals surface area contributed by atoms with E-state index in [-0.39, 0.29) is 24.2 Å². The third kappa shape index (κ3) is 3.54. The molecule has 0 fully saturated rings. The number of hydrogen-bond donors (Lipinski definition) is 0. The van der Waals surface area contributed by atoms with E-state index in [1.54, 1.807) is 30.3 Å². The summed E-state index contributed by atoms with van der Waals surface area (Å²) in [7, 11) is 0. The van der Waals surface area contributed by atoms with Gasteiger partial charge in [0.15, 0.2) is 0 Å². The van der Waals surface area contributed by atoms with Gasteiger partial charge in [0.2, 0.25) is 0 Å². The maximum atomic E-state index is 13.4. The highest BCUT2D eigenvalue weighted by molar-refractivity contribution is 6.06. The van der Waals surface area contributed by atoms with Crippen LogP contribution in [-0.4, -0.2) is 24.8 Å². The molecule has 0 saturated heterocycles. The Bertz CT molecular complexity index is 927. The van der Waals surface area contributed by atoms with E-state index in [1.807, 2.05) is 0 Å². The number of nitroso groups, excluding NO2 is 1. The molecule has 0 saturated carbocycles. The van der Waals surface area contributed by atoms with Crippen LogP contribution in [0.25, 0.3) is 0 Å². The van der Waals surface area contributed by atoms with E-state index in [1.165, 1.54) is 10.1 Å². The van der Waals surface area contributed by atoms with Gasteiger partial charge in [-0.15, -0.1) is 4.91 Å². The first-order valence-electron chi connectivity index (χ1n) is 9.01. The van der Waals surface area contributed by atoms with Gasteiger partial charge in [-0.3, -0.25) is 4.79 Å². The van der Waals surface area contributed by atoms with Gasteiger partial charge in [0.25, 0.3) is 5.91 Å². The van der Waals surface area contributed by atoms with Gasteiger partial charge in [0.1, 0.15) is 0 Å². The second-order valence-electron chi connectivity index (χ2n) is 6.92. The first kappa shape index (κ1) is 21.8. The van der Waals surface area contributed by atoms with E-state index in [4.69, 9.17) is 0 Å². The molecule has 2 aromatic rings. The van der Waals surface area contributed by atoms with Crippen LogP contribution in [0, 0.1) is 4.91 Å². The van der Waals surface area contributed by atoms with Crippen molar-refractivity contribution in [2.45, 2.75) is 37.2 Å². The predicted octanol–water partition coefficient (Wildman–Crippen LogP) is 5.76. The van der Waals surface area contributed by atoms with Gasteiger partial charge in [-0.05, 0) is 48.2 Å². The number of carbonyl (C=O) groups is 1. The summed E-state index contributed by atoms with van der Waals surface area (Å²) < 4.78 is 80.5. The molecule has 1 aliphatic heterocycles. The summed E-state index contributed by atoms with van der Waals surface area (Å²) in [6.45, 7) is 0.260. The fourth-order valence-corrected chi connectivity index (χ4v) is 3.57. The topological polar surface area (TPSA) is 49.7 Å². The van der Waals surface area contributed by atoms with Crippen molar-refractivity contribution in [3.8, 4) is 0 Å². The Hall–Kier alpha value is -2.91. The molecule has 10 heteroatoms. The number of anilines is 1. The highest BCUT2D eigenvalue weighted by Crippen LogP contribution is 2.53. The summed E-state index contributed by atoms with van der Waals surface area (Å²) in [5.74, 6) is -0.419. The average Bonchev–Trinajstić information content (AvgIpc) is 2.89. The summed E-state index contributed by atoms with van der Waals surface area (Å²) in [6, 6.07) is 10.4. The number of aryl methyl sites for hydroxylation is 1. The highest BCUT2D eigenvalue weighted by atomic mass is 19.4. The number of fused-ring (bicyclic) bond motifs is 1. The van der Waals surface area contributed by atoms with Gasteiger partial charge < -0.3 is 4.90 Å². The van der Waals surface area contributed by atoms with Gasteiger partial charge in [-0.2, -0.15) is 26.3 Å². The lowest BCUT2D eigenvalue weighted by molar-refractivity contribution is -0.301. The Balaban J connectivity index is 2.13. The number of halogens is 6. The molecule has 2 aromatic carbocycles. The van der Waals surface area contributed by atoms with Crippen molar-refractivity contribution >= 4 is 11.6 Å². The molecule has 0 radical (unpaired) electrons. The Morgan fingerprint density at radius 2 is 1.53 bits per heavy atom. The summed E-state index contributed by atoms with van der Waals surface area (Å²) in [4.78, 5) is 25.2. The third-order valence-electron chi connectivity index (χ3n) is 5.09. The van der Waals surface area contributed by atoms with Crippen LogP contribution in [0.5, 0.6) is 0 Å². The van der Waals surface area contributed by atoms with Crippen LogP contribution >= 0.6 is 0 Å². The minimum absolute atomic E-state index is 0.121. The summed E-state index contributed by atoms with van der Waals surface area (Å²) >= 11 is 0. The van der Waals surface area contributed by atoms with Crippen molar-refractivity contribution in [2.75, 3.05) is 11.4 Å². The van der Waals surface area contributed by atoms with Gasteiger partial charge in [-0.1, -0.05) is 30.3 Å². The lowest BCUT2D eigenvalue weighted by Crippen LogP contribution is -2.52. The number of nitrogens with zero attached hydrogens (tertiary/aromatic N) is 2. The van der Waals surface area contributed by atoms with E-state index >= 15 is 0 Å². The van der Waals surface area contributed by atoms with Crippen molar-refractivity contribution in [2.24, 2.45) is 5.18 Å². The fraction of sp³-hybridized carbons (Fsp3) is 0.350. The number of rotatable bonds is 3. The van der Waals surface area contributed by atoms with Crippen molar-refractivity contribution in [1.29, 1.82) is 0 Å². The molecule has 0 bridgehead atoms. The second kappa shape index (κ2) is 7.73. The van der Waals surface area contributed by atoms with Crippen molar-refractivity contribution in [3.63, 3.8) is 0 Å². The lowest BCUT2D eigenvalue weighted by atomic mass is 9.87. The van der Waals surface area contributed by atoms with Crippen LogP contribution in [-0.2, 0) is 12.0 Å². The van der Waals surface area contributed by atoms with E-state index in [2.05, 4.69) is 0 Å². The summed E-state index contributed by atoms with van der Waals surface area (Å²) in [5.41, 5.74) is -5.52. The molecule has 1 aliphatic rings. The third-order valence-corrected chi connectivity index (χ3v) is 5.09. The molecule has 0 aliphatic carbocycles. The quantitative estimate of drug-likeness (QED) is 0.460. The Kier molecular flexibility index (Phi) is 5.62. The van der Waals surface area contributed by atoms with Crippen LogP contribution in [0.1, 0.15) is 34.3 Å². The SMILES string of the molecule is O=NC(c1ccc2c(c1)CCCCN2C(=O)c1ccccc1)(C(F)(F)F)C(F)(F)F. The number of benzene rings is 2. The molecular weight excluding hydrogens is 414 g/mol. The minimum Gasteiger partial charge on any atom is -0.308 e. The molecule has 0 aromatic heterocycles. The molecule has 0 atom stereocenters. The zero-order valence-corrected chi connectivity index (χ0v) is 15.4. The minimum atomic E-state index is -5.98. The average molecular weight is 430 g/mol. The summed E-state index contributed by atoms with van der Waals surface area (Å²) in [5, 5.41) is 1.53. The monoisotopic (exact) mass is 430 g/mol. The van der Waals surface area contributed by atoms with Crippen LogP contribution in [0.2, 0.25) is 0 Å². The zero-order chi connectivity index (χ0) is 22.2. The lowest BCUT2D eigenvalue weighted by Gasteiger charge is -2.32. The second-order valence-corrected chi connectivity index (χ2v) is 6.92. The van der Waals surface area contributed by atoms with E-state index < -0.39 is 29.4 Å². The molecule has 160 valence electrons. The summed E-state index contributed by atoms with van der Waals surface area (Å²) in [6.07, 6.45) is -10.8. The molecule has 4 nitrogen and oxygen atoms in total. The van der Waals surface area contributed by atoms with Gasteiger partial charge in [0.05, 0.1) is 0 Å². The Morgan fingerprint density at radius 3 is 2.10 bits per heavy atom. The molecule has 3 rings (SSSR count). The molecule has 0 N–H and O–H groups in total. The maximum absolute atomic E-state index is 13.4. The van der Waals surface area contributed by atoms with Gasteiger partial charge in [-0.25, -0.2) is 0 Å². The highest BCUT2D eigenvalue weighted by Gasteiger charge is 2.74. The van der Waals surface area contributed by atoms with Crippen molar-refractivity contribution in [3.05, 3.63) is 70.1 Å². The maximum Gasteiger partial charge on any atom is 0.430 e. The van der Waals surface area contributed by atoms with Crippen molar-refractivity contribution in [1.82, 2.24) is 0 Å². The first-order chi connectivity index (χ1) is 14.0. The molecule has 1 heterocycles. The number of carbonyl (C=O) groups excluding carboxylic acids is 1. The first-order valence-corrected chi connectivity index (χ1v) is 9.01. The normalized spacial score (nSPS) is 15.3. The van der Waals surface area contributed by atoms with Gasteiger partial charge >= 0.3 is 17.9 Å². The van der Waals surface area contributed by atoms with Crippen LogP contribution in [0.3, 0.4) is 0 Å². The Labute approximate surface area is 167 Å². The van der Waals surface area contributed by atoms with E-state index in [9.17, 15) is 36.0 Å². The molecular formula is C20H16F6N2O2. The van der Waals surface area contributed by atoms with E-state index in [0.717, 1.165) is 6.07 Å². The van der Waals surface area contributed by atoms with Crippen LogP contribution in [0.15, 0.2) is 53.7 Å². The Morgan fingerprint density at radius 1 is 0.900 bits per heavy atom. The molecule has 1 amide bonds. The number of amides is 1. The zero-order valence-electron chi connectivity index (χ0n) is 15.4. The standard InChI is InChI=1S/C20H16F6N2O2/c21-19(22,23)18(27-30,20(24,25)26)15-9-10-16-14(12-15)8-4-5-11-28(16)17(29)13-6-2-1-3-7-13/h1-3,6-7,9-10,12H,4-5,8,11H2. The smallest absolute Gasteiger partial charge is 0.308 e. The van der Waals surface area contributed by atoms with Crippen LogP contribution < -0.4 is 4.90 Å². The molecule has 0 unspecified atom stereocenters.